The molecule has 0 spiro atoms. The number of piperidine rings is 1. The number of anilines is 3. The van der Waals surface area contributed by atoms with Crippen LogP contribution in [0.1, 0.15) is 25.0 Å². The summed E-state index contributed by atoms with van der Waals surface area (Å²) in [6, 6.07) is 4.06. The number of nitrogens with zero attached hydrogens (tertiary/aromatic N) is 6. The van der Waals surface area contributed by atoms with Gasteiger partial charge >= 0.3 is 0 Å². The number of hydrogen-bond donors (Lipinski definition) is 3. The minimum absolute atomic E-state index is 0.0604. The molecular weight excluding hydrogens is 366 g/mol. The molecule has 3 aromatic rings. The van der Waals surface area contributed by atoms with Gasteiger partial charge in [0.1, 0.15) is 5.82 Å². The van der Waals surface area contributed by atoms with Gasteiger partial charge in [-0.3, -0.25) is 10.1 Å². The lowest BCUT2D eigenvalue weighted by molar-refractivity contribution is 0.238. The Kier molecular flexibility index (Phi) is 4.56. The average molecular weight is 393 g/mol. The number of hydrogen-bond acceptors (Lipinski definition) is 8. The third-order valence-electron chi connectivity index (χ3n) is 6.46. The topological polar surface area (TPSA) is 126 Å². The third kappa shape index (κ3) is 3.10. The van der Waals surface area contributed by atoms with Crippen LogP contribution in [-0.4, -0.2) is 57.9 Å². The fourth-order valence-electron chi connectivity index (χ4n) is 4.44. The van der Waals surface area contributed by atoms with Gasteiger partial charge in [-0.15, -0.1) is 0 Å². The second-order valence-corrected chi connectivity index (χ2v) is 8.09. The quantitative estimate of drug-likeness (QED) is 0.606. The van der Waals surface area contributed by atoms with Crippen LogP contribution in [0, 0.1) is 5.41 Å². The molecule has 9 heteroatoms. The number of aromatic nitrogens is 5. The number of H-pyrrole nitrogens is 1. The van der Waals surface area contributed by atoms with Crippen LogP contribution in [-0.2, 0) is 6.42 Å². The molecule has 5 rings (SSSR count). The second kappa shape index (κ2) is 7.23. The predicted octanol–water partition coefficient (Wildman–Crippen LogP) is 1.34. The predicted molar refractivity (Wildman–Crippen MR) is 113 cm³/mol. The van der Waals surface area contributed by atoms with Crippen LogP contribution in [0.3, 0.4) is 0 Å². The van der Waals surface area contributed by atoms with Crippen LogP contribution in [0.25, 0.3) is 11.2 Å². The highest BCUT2D eigenvalue weighted by molar-refractivity contribution is 5.87. The van der Waals surface area contributed by atoms with Crippen LogP contribution in [0.2, 0.25) is 0 Å². The van der Waals surface area contributed by atoms with E-state index in [2.05, 4.69) is 31.0 Å². The molecule has 29 heavy (non-hydrogen) atoms. The molecule has 0 saturated carbocycles. The van der Waals surface area contributed by atoms with Crippen molar-refractivity contribution in [2.75, 3.05) is 42.5 Å². The Balaban J connectivity index is 1.42. The third-order valence-corrected chi connectivity index (χ3v) is 6.46. The van der Waals surface area contributed by atoms with E-state index in [1.807, 2.05) is 18.5 Å². The molecule has 5 N–H and O–H groups in total. The maximum absolute atomic E-state index is 5.97. The number of rotatable bonds is 4. The summed E-state index contributed by atoms with van der Waals surface area (Å²) in [7, 11) is 0. The van der Waals surface area contributed by atoms with E-state index in [4.69, 9.17) is 21.4 Å². The molecule has 152 valence electrons. The van der Waals surface area contributed by atoms with Crippen molar-refractivity contribution in [3.05, 3.63) is 30.2 Å². The zero-order valence-electron chi connectivity index (χ0n) is 16.5. The van der Waals surface area contributed by atoms with Gasteiger partial charge in [-0.2, -0.15) is 5.10 Å². The summed E-state index contributed by atoms with van der Waals surface area (Å²) < 4.78 is 0. The van der Waals surface area contributed by atoms with E-state index in [9.17, 15) is 0 Å². The van der Waals surface area contributed by atoms with E-state index in [1.54, 1.807) is 0 Å². The molecule has 0 aliphatic carbocycles. The van der Waals surface area contributed by atoms with Crippen molar-refractivity contribution in [3.8, 4) is 0 Å². The molecule has 9 nitrogen and oxygen atoms in total. The number of nitrogens with two attached hydrogens (primary N) is 2. The largest absolute Gasteiger partial charge is 0.355 e. The first kappa shape index (κ1) is 18.3. The van der Waals surface area contributed by atoms with Gasteiger partial charge < -0.3 is 21.3 Å². The van der Waals surface area contributed by atoms with E-state index >= 15 is 0 Å². The summed E-state index contributed by atoms with van der Waals surface area (Å²) in [6.45, 7) is 3.95. The van der Waals surface area contributed by atoms with Crippen molar-refractivity contribution in [1.82, 2.24) is 25.1 Å². The number of fused-ring (bicyclic) bond motifs is 2. The molecule has 0 amide bonds. The summed E-state index contributed by atoms with van der Waals surface area (Å²) in [5.41, 5.74) is 15.7. The van der Waals surface area contributed by atoms with Gasteiger partial charge in [-0.25, -0.2) is 9.97 Å². The second-order valence-electron chi connectivity index (χ2n) is 8.09. The monoisotopic (exact) mass is 393 g/mol. The van der Waals surface area contributed by atoms with E-state index in [0.29, 0.717) is 18.7 Å². The summed E-state index contributed by atoms with van der Waals surface area (Å²) in [5.74, 6) is 1.69. The average Bonchev–Trinajstić information content (AvgIpc) is 3.22. The lowest BCUT2D eigenvalue weighted by Crippen LogP contribution is -2.48. The molecule has 0 atom stereocenters. The van der Waals surface area contributed by atoms with Crippen LogP contribution < -0.4 is 21.3 Å². The lowest BCUT2D eigenvalue weighted by atomic mass is 9.78. The minimum Gasteiger partial charge on any atom is -0.355 e. The smallest absolute Gasteiger partial charge is 0.183 e. The zero-order chi connectivity index (χ0) is 19.8. The summed E-state index contributed by atoms with van der Waals surface area (Å²) in [6.07, 6.45) is 7.69. The Bertz CT molecular complexity index is 1000. The van der Waals surface area contributed by atoms with Gasteiger partial charge in [-0.05, 0) is 56.3 Å². The van der Waals surface area contributed by atoms with Gasteiger partial charge in [0.15, 0.2) is 17.0 Å². The van der Waals surface area contributed by atoms with E-state index < -0.39 is 0 Å². The van der Waals surface area contributed by atoms with Crippen LogP contribution in [0.5, 0.6) is 0 Å². The Morgan fingerprint density at radius 2 is 1.93 bits per heavy atom. The number of aromatic amines is 1. The van der Waals surface area contributed by atoms with Crippen molar-refractivity contribution in [2.45, 2.75) is 25.7 Å². The first-order valence-electron chi connectivity index (χ1n) is 10.3. The minimum atomic E-state index is 0.0604. The standard InChI is InChI=1S/C20H27N9/c21-12-20(13-22)5-9-28(10-6-20)16-11-24-17-18(25-16)26-27-19(17)29-8-2-3-14-15(29)4-1-7-23-14/h1,4,7,11H,2-3,5-6,8-10,12-13,21-22H2,(H,25,26,27). The van der Waals surface area contributed by atoms with Crippen molar-refractivity contribution in [3.63, 3.8) is 0 Å². The molecule has 5 heterocycles. The Morgan fingerprint density at radius 1 is 1.10 bits per heavy atom. The van der Waals surface area contributed by atoms with Gasteiger partial charge in [-0.1, -0.05) is 0 Å². The first-order valence-corrected chi connectivity index (χ1v) is 10.3. The normalized spacial score (nSPS) is 18.8. The Hall–Kier alpha value is -2.78. The van der Waals surface area contributed by atoms with Crippen LogP contribution >= 0.6 is 0 Å². The van der Waals surface area contributed by atoms with Crippen molar-refractivity contribution >= 4 is 28.5 Å². The van der Waals surface area contributed by atoms with Gasteiger partial charge in [0.25, 0.3) is 0 Å². The summed E-state index contributed by atoms with van der Waals surface area (Å²) in [4.78, 5) is 18.5. The molecule has 1 fully saturated rings. The van der Waals surface area contributed by atoms with Crippen LogP contribution in [0.4, 0.5) is 17.3 Å². The molecule has 1 saturated heterocycles. The Labute approximate surface area is 169 Å². The molecule has 0 bridgehead atoms. The van der Waals surface area contributed by atoms with Crippen molar-refractivity contribution in [2.24, 2.45) is 16.9 Å². The van der Waals surface area contributed by atoms with E-state index in [-0.39, 0.29) is 5.41 Å². The van der Waals surface area contributed by atoms with Gasteiger partial charge in [0, 0.05) is 25.8 Å². The molecule has 2 aliphatic heterocycles. The maximum atomic E-state index is 5.97. The lowest BCUT2D eigenvalue weighted by Gasteiger charge is -2.40. The molecule has 2 aliphatic rings. The van der Waals surface area contributed by atoms with Crippen LogP contribution in [0.15, 0.2) is 24.5 Å². The van der Waals surface area contributed by atoms with E-state index in [1.165, 1.54) is 0 Å². The number of aryl methyl sites for hydroxylation is 1. The van der Waals surface area contributed by atoms with Crippen molar-refractivity contribution in [1.29, 1.82) is 0 Å². The van der Waals surface area contributed by atoms with Gasteiger partial charge in [0.2, 0.25) is 0 Å². The number of pyridine rings is 1. The molecule has 0 aromatic carbocycles. The fourth-order valence-corrected chi connectivity index (χ4v) is 4.44. The fraction of sp³-hybridized carbons (Fsp3) is 0.500. The van der Waals surface area contributed by atoms with Gasteiger partial charge in [0.05, 0.1) is 17.6 Å². The maximum Gasteiger partial charge on any atom is 0.183 e. The Morgan fingerprint density at radius 3 is 2.72 bits per heavy atom. The molecular formula is C20H27N9. The molecule has 0 unspecified atom stereocenters. The summed E-state index contributed by atoms with van der Waals surface area (Å²) >= 11 is 0. The highest BCUT2D eigenvalue weighted by Crippen LogP contribution is 2.35. The SMILES string of the molecule is NCC1(CN)CCN(c2cnc3c(N4CCCc5ncccc54)n[nH]c3n2)CC1. The first-order chi connectivity index (χ1) is 14.2. The number of nitrogens with one attached hydrogen (secondary N) is 1. The zero-order valence-corrected chi connectivity index (χ0v) is 16.5. The highest BCUT2D eigenvalue weighted by atomic mass is 15.3. The van der Waals surface area contributed by atoms with Crippen molar-refractivity contribution < 1.29 is 0 Å². The summed E-state index contributed by atoms with van der Waals surface area (Å²) in [5, 5.41) is 7.63. The highest BCUT2D eigenvalue weighted by Gasteiger charge is 2.33. The molecule has 0 radical (unpaired) electrons. The van der Waals surface area contributed by atoms with E-state index in [0.717, 1.165) is 73.9 Å². The molecule has 3 aromatic heterocycles.